The van der Waals surface area contributed by atoms with Gasteiger partial charge in [-0.1, -0.05) is 36.8 Å². The monoisotopic (exact) mass is 342 g/mol. The smallest absolute Gasteiger partial charge is 0.227 e. The molecule has 0 bridgehead atoms. The lowest BCUT2D eigenvalue weighted by Crippen LogP contribution is -2.48. The summed E-state index contributed by atoms with van der Waals surface area (Å²) in [5.41, 5.74) is 2.58. The Morgan fingerprint density at radius 2 is 1.80 bits per heavy atom. The summed E-state index contributed by atoms with van der Waals surface area (Å²) in [6.45, 7) is 6.28. The lowest BCUT2D eigenvalue weighted by molar-refractivity contribution is -0.141. The largest absolute Gasteiger partial charge is 0.342 e. The molecule has 0 spiro atoms. The zero-order valence-electron chi connectivity index (χ0n) is 15.5. The molecule has 2 saturated heterocycles. The molecule has 4 nitrogen and oxygen atoms in total. The molecule has 0 radical (unpaired) electrons. The van der Waals surface area contributed by atoms with Crippen molar-refractivity contribution in [3.8, 4) is 0 Å². The fraction of sp³-hybridized carbons (Fsp3) is 0.619. The third-order valence-corrected chi connectivity index (χ3v) is 5.68. The molecular formula is C21H30N2O2. The normalized spacial score (nSPS) is 23.8. The Kier molecular flexibility index (Phi) is 5.77. The maximum absolute atomic E-state index is 13.1. The van der Waals surface area contributed by atoms with Crippen LogP contribution in [0, 0.1) is 12.8 Å². The number of hydrogen-bond donors (Lipinski definition) is 0. The van der Waals surface area contributed by atoms with Crippen LogP contribution >= 0.6 is 0 Å². The maximum Gasteiger partial charge on any atom is 0.227 e. The van der Waals surface area contributed by atoms with Gasteiger partial charge in [0.05, 0.1) is 5.92 Å². The van der Waals surface area contributed by atoms with Gasteiger partial charge in [-0.25, -0.2) is 0 Å². The third-order valence-electron chi connectivity index (χ3n) is 5.68. The first-order valence-corrected chi connectivity index (χ1v) is 9.72. The van der Waals surface area contributed by atoms with Crippen molar-refractivity contribution in [3.05, 3.63) is 35.4 Å². The summed E-state index contributed by atoms with van der Waals surface area (Å²) >= 11 is 0. The molecule has 2 fully saturated rings. The van der Waals surface area contributed by atoms with Gasteiger partial charge in [-0.15, -0.1) is 0 Å². The number of carbonyl (C=O) groups is 2. The minimum Gasteiger partial charge on any atom is -0.342 e. The number of aryl methyl sites for hydroxylation is 1. The Labute approximate surface area is 151 Å². The van der Waals surface area contributed by atoms with Crippen molar-refractivity contribution >= 4 is 11.8 Å². The fourth-order valence-corrected chi connectivity index (χ4v) is 4.20. The average molecular weight is 342 g/mol. The Bertz CT molecular complexity index is 611. The van der Waals surface area contributed by atoms with E-state index in [2.05, 4.69) is 36.1 Å². The van der Waals surface area contributed by atoms with E-state index >= 15 is 0 Å². The molecule has 0 N–H and O–H groups in total. The van der Waals surface area contributed by atoms with E-state index in [0.717, 1.165) is 45.2 Å². The van der Waals surface area contributed by atoms with Crippen molar-refractivity contribution in [1.29, 1.82) is 0 Å². The lowest BCUT2D eigenvalue weighted by Gasteiger charge is -2.35. The molecule has 3 rings (SSSR count). The topological polar surface area (TPSA) is 40.6 Å². The van der Waals surface area contributed by atoms with Crippen LogP contribution in [0.3, 0.4) is 0 Å². The number of likely N-dealkylation sites (tertiary alicyclic amines) is 2. The molecule has 0 saturated carbocycles. The van der Waals surface area contributed by atoms with Crippen LogP contribution in [0.1, 0.15) is 50.2 Å². The molecular weight excluding hydrogens is 312 g/mol. The molecule has 136 valence electrons. The minimum atomic E-state index is -0.0112. The predicted octanol–water partition coefficient (Wildman–Crippen LogP) is 3.18. The van der Waals surface area contributed by atoms with Crippen LogP contribution in [-0.4, -0.2) is 47.3 Å². The molecule has 0 aliphatic carbocycles. The number of hydrogen-bond acceptors (Lipinski definition) is 2. The summed E-state index contributed by atoms with van der Waals surface area (Å²) in [5.74, 6) is 0.432. The zero-order valence-corrected chi connectivity index (χ0v) is 15.5. The van der Waals surface area contributed by atoms with Crippen molar-refractivity contribution in [2.45, 2.75) is 58.4 Å². The lowest BCUT2D eigenvalue weighted by atomic mass is 9.95. The summed E-state index contributed by atoms with van der Waals surface area (Å²) < 4.78 is 0. The van der Waals surface area contributed by atoms with E-state index in [1.54, 1.807) is 0 Å². The van der Waals surface area contributed by atoms with E-state index in [0.29, 0.717) is 19.0 Å². The van der Waals surface area contributed by atoms with E-state index in [9.17, 15) is 9.59 Å². The fourth-order valence-electron chi connectivity index (χ4n) is 4.20. The summed E-state index contributed by atoms with van der Waals surface area (Å²) in [6.07, 6.45) is 5.51. The molecule has 2 heterocycles. The highest BCUT2D eigenvalue weighted by Gasteiger charge is 2.35. The zero-order chi connectivity index (χ0) is 17.8. The van der Waals surface area contributed by atoms with E-state index in [4.69, 9.17) is 0 Å². The van der Waals surface area contributed by atoms with Crippen LogP contribution in [-0.2, 0) is 16.0 Å². The summed E-state index contributed by atoms with van der Waals surface area (Å²) in [5, 5.41) is 0. The molecule has 1 aromatic carbocycles. The number of amides is 2. The van der Waals surface area contributed by atoms with Gasteiger partial charge in [-0.05, 0) is 44.6 Å². The van der Waals surface area contributed by atoms with Crippen LogP contribution in [0.4, 0.5) is 0 Å². The van der Waals surface area contributed by atoms with Gasteiger partial charge in [-0.2, -0.15) is 0 Å². The van der Waals surface area contributed by atoms with E-state index in [-0.39, 0.29) is 17.7 Å². The van der Waals surface area contributed by atoms with Gasteiger partial charge in [-0.3, -0.25) is 9.59 Å². The van der Waals surface area contributed by atoms with Crippen molar-refractivity contribution in [2.75, 3.05) is 19.6 Å². The summed E-state index contributed by atoms with van der Waals surface area (Å²) in [6, 6.07) is 8.96. The highest BCUT2D eigenvalue weighted by molar-refractivity contribution is 5.81. The first kappa shape index (κ1) is 18.0. The minimum absolute atomic E-state index is 0.0112. The highest BCUT2D eigenvalue weighted by Crippen LogP contribution is 2.27. The molecule has 2 atom stereocenters. The second kappa shape index (κ2) is 8.03. The van der Waals surface area contributed by atoms with Crippen LogP contribution in [0.25, 0.3) is 0 Å². The second-order valence-electron chi connectivity index (χ2n) is 7.55. The van der Waals surface area contributed by atoms with Gasteiger partial charge < -0.3 is 9.80 Å². The molecule has 1 aromatic rings. The number of nitrogens with zero attached hydrogens (tertiary/aromatic N) is 2. The van der Waals surface area contributed by atoms with Gasteiger partial charge in [0.2, 0.25) is 11.8 Å². The quantitative estimate of drug-likeness (QED) is 0.843. The Morgan fingerprint density at radius 3 is 2.52 bits per heavy atom. The standard InChI is InChI=1S/C21H30N2O2/c1-3-20(24)22-12-4-6-18(15-22)21(25)23-13-5-7-19(23)14-17-10-8-16(2)9-11-17/h8-11,18-19H,3-7,12-15H2,1-2H3/t18-,19+/m1/s1. The van der Waals surface area contributed by atoms with Crippen LogP contribution in [0.15, 0.2) is 24.3 Å². The van der Waals surface area contributed by atoms with Gasteiger partial charge >= 0.3 is 0 Å². The Morgan fingerprint density at radius 1 is 1.08 bits per heavy atom. The van der Waals surface area contributed by atoms with E-state index < -0.39 is 0 Å². The molecule has 25 heavy (non-hydrogen) atoms. The van der Waals surface area contributed by atoms with Gasteiger partial charge in [0.15, 0.2) is 0 Å². The first-order chi connectivity index (χ1) is 12.1. The molecule has 2 amide bonds. The molecule has 2 aliphatic heterocycles. The van der Waals surface area contributed by atoms with Crippen molar-refractivity contribution in [2.24, 2.45) is 5.92 Å². The molecule has 2 aliphatic rings. The summed E-state index contributed by atoms with van der Waals surface area (Å²) in [4.78, 5) is 29.1. The highest BCUT2D eigenvalue weighted by atomic mass is 16.2. The predicted molar refractivity (Wildman–Crippen MR) is 99.2 cm³/mol. The maximum atomic E-state index is 13.1. The van der Waals surface area contributed by atoms with Crippen molar-refractivity contribution < 1.29 is 9.59 Å². The third kappa shape index (κ3) is 4.23. The van der Waals surface area contributed by atoms with Gasteiger partial charge in [0.1, 0.15) is 0 Å². The first-order valence-electron chi connectivity index (χ1n) is 9.72. The van der Waals surface area contributed by atoms with Gasteiger partial charge in [0.25, 0.3) is 0 Å². The summed E-state index contributed by atoms with van der Waals surface area (Å²) in [7, 11) is 0. The number of carbonyl (C=O) groups excluding carboxylic acids is 2. The molecule has 0 unspecified atom stereocenters. The van der Waals surface area contributed by atoms with Crippen molar-refractivity contribution in [1.82, 2.24) is 9.80 Å². The van der Waals surface area contributed by atoms with E-state index in [1.807, 2.05) is 11.8 Å². The number of benzene rings is 1. The average Bonchev–Trinajstić information content (AvgIpc) is 3.10. The number of piperidine rings is 1. The molecule has 4 heteroatoms. The van der Waals surface area contributed by atoms with Crippen LogP contribution in [0.2, 0.25) is 0 Å². The Hall–Kier alpha value is -1.84. The molecule has 0 aromatic heterocycles. The number of rotatable bonds is 4. The SMILES string of the molecule is CCC(=O)N1CCC[C@@H](C(=O)N2CCC[C@H]2Cc2ccc(C)cc2)C1. The Balaban J connectivity index is 1.64. The van der Waals surface area contributed by atoms with Crippen molar-refractivity contribution in [3.63, 3.8) is 0 Å². The second-order valence-corrected chi connectivity index (χ2v) is 7.55. The van der Waals surface area contributed by atoms with Crippen LogP contribution in [0.5, 0.6) is 0 Å². The van der Waals surface area contributed by atoms with E-state index in [1.165, 1.54) is 11.1 Å². The van der Waals surface area contributed by atoms with Gasteiger partial charge in [0, 0.05) is 32.1 Å². The van der Waals surface area contributed by atoms with Crippen LogP contribution < -0.4 is 0 Å².